The van der Waals surface area contributed by atoms with Crippen LogP contribution >= 0.6 is 0 Å². The number of nitrogens with zero attached hydrogens (tertiary/aromatic N) is 1. The Kier molecular flexibility index (Phi) is 6.79. The maximum Gasteiger partial charge on any atom is 0.264 e. The molecule has 3 N–H and O–H groups in total. The monoisotopic (exact) mass is 453 g/mol. The normalized spacial score (nSPS) is 10.9. The number of hydrogen-bond donors (Lipinski definition) is 2. The number of benzene rings is 3. The average molecular weight is 454 g/mol. The van der Waals surface area contributed by atoms with Gasteiger partial charge in [0.15, 0.2) is 0 Å². The van der Waals surface area contributed by atoms with Gasteiger partial charge < -0.3 is 15.8 Å². The second-order valence-electron chi connectivity index (χ2n) is 6.99. The lowest BCUT2D eigenvalue weighted by molar-refractivity contribution is -0.117. The third-order valence-corrected chi connectivity index (χ3v) is 6.56. The number of nitrogens with two attached hydrogens (primary N) is 1. The van der Waals surface area contributed by atoms with E-state index in [1.165, 1.54) is 38.4 Å². The Hall–Kier alpha value is -3.85. The largest absolute Gasteiger partial charge is 0.497 e. The van der Waals surface area contributed by atoms with Crippen molar-refractivity contribution in [3.05, 3.63) is 83.9 Å². The minimum atomic E-state index is -3.89. The van der Waals surface area contributed by atoms with Crippen LogP contribution in [0.1, 0.15) is 15.9 Å². The van der Waals surface area contributed by atoms with Gasteiger partial charge in [0.05, 0.1) is 24.1 Å². The zero-order valence-corrected chi connectivity index (χ0v) is 18.4. The summed E-state index contributed by atoms with van der Waals surface area (Å²) in [7, 11) is -0.918. The highest BCUT2D eigenvalue weighted by Crippen LogP contribution is 2.25. The summed E-state index contributed by atoms with van der Waals surface area (Å²) in [6.45, 7) is 0. The van der Waals surface area contributed by atoms with Gasteiger partial charge in [0.1, 0.15) is 5.75 Å². The third-order valence-electron chi connectivity index (χ3n) is 4.78. The van der Waals surface area contributed by atoms with Gasteiger partial charge in [0.25, 0.3) is 15.9 Å². The summed E-state index contributed by atoms with van der Waals surface area (Å²) in [5.41, 5.74) is 7.05. The van der Waals surface area contributed by atoms with Crippen molar-refractivity contribution < 1.29 is 22.7 Å². The van der Waals surface area contributed by atoms with E-state index in [-0.39, 0.29) is 16.9 Å². The van der Waals surface area contributed by atoms with Crippen molar-refractivity contribution >= 4 is 33.2 Å². The molecule has 0 aliphatic rings. The lowest BCUT2D eigenvalue weighted by Gasteiger charge is -2.20. The van der Waals surface area contributed by atoms with Crippen LogP contribution in [0.25, 0.3) is 0 Å². The van der Waals surface area contributed by atoms with Crippen molar-refractivity contribution in [3.63, 3.8) is 0 Å². The molecule has 0 aliphatic carbocycles. The number of rotatable bonds is 8. The molecule has 0 heterocycles. The number of amides is 2. The minimum absolute atomic E-state index is 0.0136. The minimum Gasteiger partial charge on any atom is -0.497 e. The summed E-state index contributed by atoms with van der Waals surface area (Å²) in [5.74, 6) is -0.294. The van der Waals surface area contributed by atoms with Gasteiger partial charge in [0.2, 0.25) is 5.91 Å². The summed E-state index contributed by atoms with van der Waals surface area (Å²) in [5, 5.41) is 2.71. The second-order valence-corrected chi connectivity index (χ2v) is 8.96. The molecule has 0 bridgehead atoms. The van der Waals surface area contributed by atoms with Gasteiger partial charge in [-0.1, -0.05) is 18.2 Å². The number of anilines is 2. The van der Waals surface area contributed by atoms with Crippen LogP contribution in [0.5, 0.6) is 5.75 Å². The number of sulfonamides is 1. The summed E-state index contributed by atoms with van der Waals surface area (Å²) in [4.78, 5) is 23.6. The number of primary amides is 1. The summed E-state index contributed by atoms with van der Waals surface area (Å²) in [6.07, 6.45) is 0.107. The molecule has 3 aromatic rings. The van der Waals surface area contributed by atoms with Gasteiger partial charge in [-0.15, -0.1) is 0 Å². The van der Waals surface area contributed by atoms with Gasteiger partial charge in [-0.3, -0.25) is 13.9 Å². The lowest BCUT2D eigenvalue weighted by atomic mass is 10.1. The Bertz CT molecular complexity index is 1220. The van der Waals surface area contributed by atoms with Crippen molar-refractivity contribution in [1.29, 1.82) is 0 Å². The molecule has 3 aromatic carbocycles. The molecule has 2 amide bonds. The fraction of sp³-hybridized carbons (Fsp3) is 0.130. The highest BCUT2D eigenvalue weighted by Gasteiger charge is 2.22. The Balaban J connectivity index is 1.78. The molecular weight excluding hydrogens is 430 g/mol. The molecule has 0 saturated heterocycles. The van der Waals surface area contributed by atoms with Crippen molar-refractivity contribution in [2.45, 2.75) is 11.3 Å². The van der Waals surface area contributed by atoms with Gasteiger partial charge in [-0.2, -0.15) is 0 Å². The molecule has 166 valence electrons. The molecule has 0 saturated carbocycles. The van der Waals surface area contributed by atoms with Gasteiger partial charge in [-0.05, 0) is 60.2 Å². The molecule has 9 heteroatoms. The zero-order valence-electron chi connectivity index (χ0n) is 17.6. The summed E-state index contributed by atoms with van der Waals surface area (Å²) >= 11 is 0. The molecular formula is C23H23N3O5S. The van der Waals surface area contributed by atoms with Crippen molar-refractivity contribution in [3.8, 4) is 5.75 Å². The molecule has 0 aromatic heterocycles. The van der Waals surface area contributed by atoms with E-state index in [2.05, 4.69) is 5.32 Å². The number of methoxy groups -OCH3 is 1. The summed E-state index contributed by atoms with van der Waals surface area (Å²) in [6, 6.07) is 19.1. The van der Waals surface area contributed by atoms with Crippen molar-refractivity contribution in [2.24, 2.45) is 5.73 Å². The van der Waals surface area contributed by atoms with Crippen LogP contribution in [0.4, 0.5) is 11.4 Å². The molecule has 0 aliphatic heterocycles. The van der Waals surface area contributed by atoms with Crippen LogP contribution in [0.2, 0.25) is 0 Å². The first-order valence-electron chi connectivity index (χ1n) is 9.62. The molecule has 0 atom stereocenters. The second kappa shape index (κ2) is 9.52. The smallest absolute Gasteiger partial charge is 0.264 e. The van der Waals surface area contributed by atoms with Crippen molar-refractivity contribution in [1.82, 2.24) is 0 Å². The first-order chi connectivity index (χ1) is 15.2. The Morgan fingerprint density at radius 3 is 2.25 bits per heavy atom. The maximum atomic E-state index is 13.1. The van der Waals surface area contributed by atoms with Crippen LogP contribution in [0.15, 0.2) is 77.7 Å². The standard InChI is InChI=1S/C23H23N3O5S/c1-26(19-10-12-20(31-2)13-11-19)32(29,30)21-5-3-4-17(15-21)23(28)25-18-8-6-16(7-9-18)14-22(24)27/h3-13,15H,14H2,1-2H3,(H2,24,27)(H,25,28). The van der Waals surface area contributed by atoms with Crippen LogP contribution in [0, 0.1) is 0 Å². The quantitative estimate of drug-likeness (QED) is 0.544. The Labute approximate surface area is 186 Å². The predicted octanol–water partition coefficient (Wildman–Crippen LogP) is 2.80. The molecule has 3 rings (SSSR count). The van der Waals surface area contributed by atoms with E-state index in [4.69, 9.17) is 10.5 Å². The highest BCUT2D eigenvalue weighted by molar-refractivity contribution is 7.92. The first-order valence-corrected chi connectivity index (χ1v) is 11.1. The number of carbonyl (C=O) groups excluding carboxylic acids is 2. The van der Waals surface area contributed by atoms with Gasteiger partial charge in [-0.25, -0.2) is 8.42 Å². The Morgan fingerprint density at radius 1 is 1.00 bits per heavy atom. The molecule has 0 spiro atoms. The molecule has 0 fully saturated rings. The van der Waals surface area contributed by atoms with Gasteiger partial charge >= 0.3 is 0 Å². The van der Waals surface area contributed by atoms with E-state index in [1.807, 2.05) is 0 Å². The number of carbonyl (C=O) groups is 2. The van der Waals surface area contributed by atoms with Crippen LogP contribution in [-0.2, 0) is 21.2 Å². The number of ether oxygens (including phenoxy) is 1. The van der Waals surface area contributed by atoms with Crippen LogP contribution in [0.3, 0.4) is 0 Å². The van der Waals surface area contributed by atoms with E-state index < -0.39 is 21.8 Å². The predicted molar refractivity (Wildman–Crippen MR) is 122 cm³/mol. The van der Waals surface area contributed by atoms with E-state index in [1.54, 1.807) is 48.5 Å². The summed E-state index contributed by atoms with van der Waals surface area (Å²) < 4.78 is 32.4. The molecule has 0 unspecified atom stereocenters. The SMILES string of the molecule is COc1ccc(N(C)S(=O)(=O)c2cccc(C(=O)Nc3ccc(CC(N)=O)cc3)c2)cc1. The van der Waals surface area contributed by atoms with Crippen molar-refractivity contribution in [2.75, 3.05) is 23.8 Å². The highest BCUT2D eigenvalue weighted by atomic mass is 32.2. The molecule has 8 nitrogen and oxygen atoms in total. The van der Waals surface area contributed by atoms with Crippen LogP contribution < -0.4 is 20.1 Å². The zero-order chi connectivity index (χ0) is 23.3. The van der Waals surface area contributed by atoms with E-state index in [9.17, 15) is 18.0 Å². The van der Waals surface area contributed by atoms with Crippen LogP contribution in [-0.4, -0.2) is 34.4 Å². The van der Waals surface area contributed by atoms with E-state index in [0.29, 0.717) is 17.1 Å². The van der Waals surface area contributed by atoms with Gasteiger partial charge in [0, 0.05) is 18.3 Å². The van der Waals surface area contributed by atoms with E-state index >= 15 is 0 Å². The van der Waals surface area contributed by atoms with E-state index in [0.717, 1.165) is 9.87 Å². The average Bonchev–Trinajstić information content (AvgIpc) is 2.79. The first kappa shape index (κ1) is 22.8. The Morgan fingerprint density at radius 2 is 1.66 bits per heavy atom. The fourth-order valence-corrected chi connectivity index (χ4v) is 4.24. The topological polar surface area (TPSA) is 119 Å². The maximum absolute atomic E-state index is 13.1. The lowest BCUT2D eigenvalue weighted by Crippen LogP contribution is -2.26. The molecule has 0 radical (unpaired) electrons. The third kappa shape index (κ3) is 5.25. The number of nitrogens with one attached hydrogen (secondary N) is 1. The fourth-order valence-electron chi connectivity index (χ4n) is 3.00. The number of hydrogen-bond acceptors (Lipinski definition) is 5. The molecule has 32 heavy (non-hydrogen) atoms.